The number of hydrogen-bond acceptors (Lipinski definition) is 5. The topological polar surface area (TPSA) is 78.3 Å². The van der Waals surface area contributed by atoms with E-state index in [2.05, 4.69) is 15.3 Å². The van der Waals surface area contributed by atoms with E-state index in [1.54, 1.807) is 0 Å². The van der Waals surface area contributed by atoms with E-state index in [1.165, 1.54) is 12.4 Å². The third-order valence-corrected chi connectivity index (χ3v) is 3.16. The van der Waals surface area contributed by atoms with Gasteiger partial charge in [0.2, 0.25) is 0 Å². The van der Waals surface area contributed by atoms with Gasteiger partial charge < -0.3 is 15.5 Å². The molecule has 1 fully saturated rings. The van der Waals surface area contributed by atoms with E-state index in [4.69, 9.17) is 16.7 Å². The Balaban J connectivity index is 2.05. The average Bonchev–Trinajstić information content (AvgIpc) is 2.57. The maximum absolute atomic E-state index is 13.7. The predicted molar refractivity (Wildman–Crippen MR) is 60.5 cm³/mol. The van der Waals surface area contributed by atoms with Crippen molar-refractivity contribution in [2.24, 2.45) is 5.92 Å². The maximum Gasteiger partial charge on any atom is 0.146 e. The van der Waals surface area contributed by atoms with Crippen molar-refractivity contribution in [1.82, 2.24) is 9.97 Å². The SMILES string of the molecule is OC[C@H]1C[C@@H](Nc2cc(Cl)ncn2)[C@@H](F)[C@@H]1O. The first kappa shape index (κ1) is 12.5. The highest BCUT2D eigenvalue weighted by Gasteiger charge is 2.42. The van der Waals surface area contributed by atoms with Crippen molar-refractivity contribution in [1.29, 1.82) is 0 Å². The largest absolute Gasteiger partial charge is 0.396 e. The molecule has 4 atom stereocenters. The van der Waals surface area contributed by atoms with Gasteiger partial charge in [0, 0.05) is 18.6 Å². The predicted octanol–water partition coefficient (Wildman–Crippen LogP) is 0.622. The van der Waals surface area contributed by atoms with Gasteiger partial charge >= 0.3 is 0 Å². The van der Waals surface area contributed by atoms with E-state index in [0.29, 0.717) is 12.2 Å². The van der Waals surface area contributed by atoms with Crippen LogP contribution < -0.4 is 5.32 Å². The molecule has 0 spiro atoms. The molecule has 5 nitrogen and oxygen atoms in total. The van der Waals surface area contributed by atoms with Crippen LogP contribution in [0.25, 0.3) is 0 Å². The van der Waals surface area contributed by atoms with Crippen LogP contribution >= 0.6 is 11.6 Å². The van der Waals surface area contributed by atoms with E-state index in [1.807, 2.05) is 0 Å². The molecule has 1 aromatic heterocycles. The molecule has 0 aliphatic heterocycles. The van der Waals surface area contributed by atoms with Gasteiger partial charge in [0.15, 0.2) is 0 Å². The molecule has 0 bridgehead atoms. The first-order valence-corrected chi connectivity index (χ1v) is 5.66. The van der Waals surface area contributed by atoms with Crippen LogP contribution in [0, 0.1) is 5.92 Å². The van der Waals surface area contributed by atoms with Crippen LogP contribution in [0.4, 0.5) is 10.2 Å². The Labute approximate surface area is 103 Å². The lowest BCUT2D eigenvalue weighted by atomic mass is 10.1. The number of aliphatic hydroxyl groups is 2. The third-order valence-electron chi connectivity index (χ3n) is 2.95. The summed E-state index contributed by atoms with van der Waals surface area (Å²) in [5.41, 5.74) is 0. The number of rotatable bonds is 3. The Morgan fingerprint density at radius 2 is 2.29 bits per heavy atom. The molecular formula is C10H13ClFN3O2. The number of aliphatic hydroxyl groups excluding tert-OH is 2. The fraction of sp³-hybridized carbons (Fsp3) is 0.600. The fourth-order valence-corrected chi connectivity index (χ4v) is 2.16. The second kappa shape index (κ2) is 5.12. The Hall–Kier alpha value is -0.980. The average molecular weight is 262 g/mol. The van der Waals surface area contributed by atoms with Gasteiger partial charge in [0.1, 0.15) is 23.5 Å². The highest BCUT2D eigenvalue weighted by atomic mass is 35.5. The summed E-state index contributed by atoms with van der Waals surface area (Å²) in [5, 5.41) is 21.6. The van der Waals surface area contributed by atoms with Crippen molar-refractivity contribution in [3.63, 3.8) is 0 Å². The molecule has 0 amide bonds. The van der Waals surface area contributed by atoms with Crippen molar-refractivity contribution in [2.75, 3.05) is 11.9 Å². The smallest absolute Gasteiger partial charge is 0.146 e. The zero-order valence-electron chi connectivity index (χ0n) is 8.92. The van der Waals surface area contributed by atoms with Crippen molar-refractivity contribution in [3.05, 3.63) is 17.5 Å². The minimum absolute atomic E-state index is 0.232. The summed E-state index contributed by atoms with van der Waals surface area (Å²) in [6, 6.07) is 0.903. The maximum atomic E-state index is 13.7. The van der Waals surface area contributed by atoms with Gasteiger partial charge in [0.25, 0.3) is 0 Å². The van der Waals surface area contributed by atoms with E-state index in [-0.39, 0.29) is 11.8 Å². The first-order chi connectivity index (χ1) is 8.11. The molecule has 1 aliphatic rings. The molecule has 1 saturated carbocycles. The van der Waals surface area contributed by atoms with Crippen molar-refractivity contribution >= 4 is 17.4 Å². The third kappa shape index (κ3) is 2.65. The molecule has 94 valence electrons. The molecular weight excluding hydrogens is 249 g/mol. The van der Waals surface area contributed by atoms with Gasteiger partial charge in [-0.3, -0.25) is 0 Å². The Bertz CT molecular complexity index is 396. The Morgan fingerprint density at radius 1 is 1.53 bits per heavy atom. The number of alkyl halides is 1. The summed E-state index contributed by atoms with van der Waals surface area (Å²) in [4.78, 5) is 7.61. The van der Waals surface area contributed by atoms with E-state index >= 15 is 0 Å². The second-order valence-electron chi connectivity index (χ2n) is 4.09. The monoisotopic (exact) mass is 261 g/mol. The summed E-state index contributed by atoms with van der Waals surface area (Å²) < 4.78 is 13.7. The lowest BCUT2D eigenvalue weighted by Gasteiger charge is -2.16. The molecule has 1 aromatic rings. The molecule has 2 rings (SSSR count). The molecule has 0 aromatic carbocycles. The highest BCUT2D eigenvalue weighted by Crippen LogP contribution is 2.30. The zero-order valence-corrected chi connectivity index (χ0v) is 9.68. The minimum Gasteiger partial charge on any atom is -0.396 e. The van der Waals surface area contributed by atoms with Gasteiger partial charge in [0.05, 0.1) is 12.1 Å². The summed E-state index contributed by atoms with van der Waals surface area (Å²) in [6.07, 6.45) is -0.955. The summed E-state index contributed by atoms with van der Waals surface area (Å²) in [5.74, 6) is -0.0387. The van der Waals surface area contributed by atoms with E-state index in [0.717, 1.165) is 0 Å². The van der Waals surface area contributed by atoms with E-state index in [9.17, 15) is 9.50 Å². The lowest BCUT2D eigenvalue weighted by molar-refractivity contribution is 0.0444. The van der Waals surface area contributed by atoms with Crippen LogP contribution in [0.15, 0.2) is 12.4 Å². The Morgan fingerprint density at radius 3 is 2.88 bits per heavy atom. The Kier molecular flexibility index (Phi) is 3.76. The van der Waals surface area contributed by atoms with Crippen LogP contribution in [0.2, 0.25) is 5.15 Å². The zero-order chi connectivity index (χ0) is 12.4. The molecule has 7 heteroatoms. The number of nitrogens with zero attached hydrogens (tertiary/aromatic N) is 2. The number of aromatic nitrogens is 2. The van der Waals surface area contributed by atoms with Crippen LogP contribution in [-0.4, -0.2) is 45.1 Å². The van der Waals surface area contributed by atoms with Crippen LogP contribution in [0.5, 0.6) is 0 Å². The van der Waals surface area contributed by atoms with Gasteiger partial charge in [-0.2, -0.15) is 0 Å². The fourth-order valence-electron chi connectivity index (χ4n) is 2.02. The van der Waals surface area contributed by atoms with Gasteiger partial charge in [-0.1, -0.05) is 11.6 Å². The molecule has 3 N–H and O–H groups in total. The van der Waals surface area contributed by atoms with Crippen molar-refractivity contribution in [2.45, 2.75) is 24.7 Å². The molecule has 1 heterocycles. The van der Waals surface area contributed by atoms with Crippen molar-refractivity contribution < 1.29 is 14.6 Å². The van der Waals surface area contributed by atoms with Crippen LogP contribution in [-0.2, 0) is 0 Å². The normalized spacial score (nSPS) is 32.7. The van der Waals surface area contributed by atoms with E-state index < -0.39 is 24.2 Å². The van der Waals surface area contributed by atoms with Gasteiger partial charge in [-0.05, 0) is 6.42 Å². The summed E-state index contributed by atoms with van der Waals surface area (Å²) >= 11 is 5.68. The molecule has 0 radical (unpaired) electrons. The number of hydrogen-bond donors (Lipinski definition) is 3. The number of nitrogens with one attached hydrogen (secondary N) is 1. The summed E-state index contributed by atoms with van der Waals surface area (Å²) in [7, 11) is 0. The highest BCUT2D eigenvalue weighted by molar-refractivity contribution is 6.29. The number of anilines is 1. The first-order valence-electron chi connectivity index (χ1n) is 5.29. The molecule has 0 unspecified atom stereocenters. The van der Waals surface area contributed by atoms with Crippen molar-refractivity contribution in [3.8, 4) is 0 Å². The summed E-state index contributed by atoms with van der Waals surface area (Å²) in [6.45, 7) is -0.232. The molecule has 0 saturated heterocycles. The van der Waals surface area contributed by atoms with Gasteiger partial charge in [-0.25, -0.2) is 14.4 Å². The molecule has 1 aliphatic carbocycles. The standard InChI is InChI=1S/C10H13ClFN3O2/c11-7-2-8(14-4-13-7)15-6-1-5(3-16)10(17)9(6)12/h2,4-6,9-10,16-17H,1,3H2,(H,13,14,15)/t5-,6-,9-,10-/m1/s1. The minimum atomic E-state index is -1.43. The second-order valence-corrected chi connectivity index (χ2v) is 4.48. The number of halogens is 2. The quantitative estimate of drug-likeness (QED) is 0.696. The van der Waals surface area contributed by atoms with Crippen LogP contribution in [0.1, 0.15) is 6.42 Å². The van der Waals surface area contributed by atoms with Gasteiger partial charge in [-0.15, -0.1) is 0 Å². The molecule has 17 heavy (non-hydrogen) atoms. The van der Waals surface area contributed by atoms with Crippen LogP contribution in [0.3, 0.4) is 0 Å². The lowest BCUT2D eigenvalue weighted by Crippen LogP contribution is -2.32.